The van der Waals surface area contributed by atoms with Gasteiger partial charge in [-0.25, -0.2) is 0 Å². The van der Waals surface area contributed by atoms with Gasteiger partial charge < -0.3 is 0 Å². The van der Waals surface area contributed by atoms with Crippen molar-refractivity contribution in [3.63, 3.8) is 0 Å². The Morgan fingerprint density at radius 3 is 1.09 bits per heavy atom. The van der Waals surface area contributed by atoms with Crippen molar-refractivity contribution in [2.24, 2.45) is 5.92 Å². The molecule has 0 aromatic heterocycles. The third-order valence-corrected chi connectivity index (χ3v) is 5.35. The zero-order chi connectivity index (χ0) is 17.0. The first kappa shape index (κ1) is 23.0. The van der Waals surface area contributed by atoms with Crippen molar-refractivity contribution >= 4 is 0 Å². The highest BCUT2D eigenvalue weighted by molar-refractivity contribution is 4.55. The second-order valence-electron chi connectivity index (χ2n) is 7.99. The van der Waals surface area contributed by atoms with Crippen molar-refractivity contribution in [1.82, 2.24) is 0 Å². The number of hydrogen-bond donors (Lipinski definition) is 0. The molecule has 0 saturated heterocycles. The summed E-state index contributed by atoms with van der Waals surface area (Å²) >= 11 is 0. The van der Waals surface area contributed by atoms with Crippen molar-refractivity contribution in [2.75, 3.05) is 0 Å². The van der Waals surface area contributed by atoms with Crippen LogP contribution in [0.4, 0.5) is 0 Å². The van der Waals surface area contributed by atoms with Crippen LogP contribution < -0.4 is 0 Å². The molecule has 0 spiro atoms. The summed E-state index contributed by atoms with van der Waals surface area (Å²) in [6, 6.07) is 0. The van der Waals surface area contributed by atoms with Gasteiger partial charge in [0.2, 0.25) is 0 Å². The van der Waals surface area contributed by atoms with E-state index in [-0.39, 0.29) is 0 Å². The normalized spacial score (nSPS) is 12.7. The molecule has 0 aromatic rings. The molecule has 0 heteroatoms. The molecule has 0 radical (unpaired) electrons. The Hall–Kier alpha value is 0. The van der Waals surface area contributed by atoms with E-state index in [1.807, 2.05) is 0 Å². The molecule has 140 valence electrons. The lowest BCUT2D eigenvalue weighted by Crippen LogP contribution is -1.94. The molecule has 0 amide bonds. The quantitative estimate of drug-likeness (QED) is 0.208. The smallest absolute Gasteiger partial charge is 0.0443 e. The van der Waals surface area contributed by atoms with Crippen LogP contribution in [0.15, 0.2) is 0 Å². The fourth-order valence-corrected chi connectivity index (χ4v) is 3.56. The van der Waals surface area contributed by atoms with Gasteiger partial charge in [-0.05, 0) is 5.92 Å². The predicted molar refractivity (Wildman–Crippen MR) is 108 cm³/mol. The molecule has 0 rings (SSSR count). The zero-order valence-corrected chi connectivity index (χ0v) is 17.0. The predicted octanol–water partition coefficient (Wildman–Crippen LogP) is 9.07. The molecule has 0 aromatic carbocycles. The average Bonchev–Trinajstić information content (AvgIpc) is 2.56. The molecular formula is C23H48. The number of rotatable bonds is 19. The van der Waals surface area contributed by atoms with Crippen LogP contribution in [0.5, 0.6) is 0 Å². The van der Waals surface area contributed by atoms with Crippen LogP contribution in [0.3, 0.4) is 0 Å². The average molecular weight is 325 g/mol. The molecule has 0 aliphatic rings. The Kier molecular flexibility index (Phi) is 20.0. The summed E-state index contributed by atoms with van der Waals surface area (Å²) in [6.07, 6.45) is 27.8. The van der Waals surface area contributed by atoms with Crippen LogP contribution in [0.1, 0.15) is 143 Å². The topological polar surface area (TPSA) is 0 Å². The van der Waals surface area contributed by atoms with Crippen LogP contribution in [0.2, 0.25) is 0 Å². The van der Waals surface area contributed by atoms with Crippen LogP contribution in [-0.2, 0) is 0 Å². The van der Waals surface area contributed by atoms with E-state index in [0.29, 0.717) is 0 Å². The van der Waals surface area contributed by atoms with E-state index >= 15 is 0 Å². The molecule has 23 heavy (non-hydrogen) atoms. The lowest BCUT2D eigenvalue weighted by Gasteiger charge is -2.10. The van der Waals surface area contributed by atoms with Gasteiger partial charge in [0.25, 0.3) is 0 Å². The minimum absolute atomic E-state index is 0.969. The van der Waals surface area contributed by atoms with E-state index < -0.39 is 0 Å². The highest BCUT2D eigenvalue weighted by Crippen LogP contribution is 2.17. The summed E-state index contributed by atoms with van der Waals surface area (Å²) < 4.78 is 0. The Labute approximate surface area is 149 Å². The Balaban J connectivity index is 3.02. The van der Waals surface area contributed by atoms with Gasteiger partial charge >= 0.3 is 0 Å². The third-order valence-electron chi connectivity index (χ3n) is 5.35. The maximum Gasteiger partial charge on any atom is -0.0443 e. The monoisotopic (exact) mass is 324 g/mol. The lowest BCUT2D eigenvalue weighted by atomic mass is 9.97. The molecule has 0 bridgehead atoms. The standard InChI is InChI=1S/C23H48/c1-4-6-8-9-10-11-12-13-14-15-16-17-18-19-20-22-23(3)21-7-5-2/h23H,4-22H2,1-3H3. The molecule has 0 aliphatic carbocycles. The summed E-state index contributed by atoms with van der Waals surface area (Å²) in [6.45, 7) is 7.05. The van der Waals surface area contributed by atoms with Crippen LogP contribution >= 0.6 is 0 Å². The summed E-state index contributed by atoms with van der Waals surface area (Å²) in [5.41, 5.74) is 0. The van der Waals surface area contributed by atoms with Crippen molar-refractivity contribution in [2.45, 2.75) is 143 Å². The Morgan fingerprint density at radius 1 is 0.391 bits per heavy atom. The van der Waals surface area contributed by atoms with Gasteiger partial charge in [-0.1, -0.05) is 143 Å². The summed E-state index contributed by atoms with van der Waals surface area (Å²) in [4.78, 5) is 0. The Morgan fingerprint density at radius 2 is 0.696 bits per heavy atom. The van der Waals surface area contributed by atoms with Crippen molar-refractivity contribution in [3.8, 4) is 0 Å². The number of hydrogen-bond acceptors (Lipinski definition) is 0. The number of unbranched alkanes of at least 4 members (excludes halogenated alkanes) is 15. The van der Waals surface area contributed by atoms with Gasteiger partial charge in [-0.3, -0.25) is 0 Å². The van der Waals surface area contributed by atoms with Gasteiger partial charge in [0.1, 0.15) is 0 Å². The van der Waals surface area contributed by atoms with Gasteiger partial charge in [-0.2, -0.15) is 0 Å². The molecular weight excluding hydrogens is 276 g/mol. The highest BCUT2D eigenvalue weighted by atomic mass is 14.1. The first-order valence-electron chi connectivity index (χ1n) is 11.3. The molecule has 0 heterocycles. The van der Waals surface area contributed by atoms with Gasteiger partial charge in [0.05, 0.1) is 0 Å². The summed E-state index contributed by atoms with van der Waals surface area (Å²) in [7, 11) is 0. The molecule has 1 atom stereocenters. The molecule has 0 aliphatic heterocycles. The van der Waals surface area contributed by atoms with Gasteiger partial charge in [0.15, 0.2) is 0 Å². The highest BCUT2D eigenvalue weighted by Gasteiger charge is 2.01. The van der Waals surface area contributed by atoms with E-state index in [2.05, 4.69) is 20.8 Å². The fraction of sp³-hybridized carbons (Fsp3) is 1.00. The molecule has 1 unspecified atom stereocenters. The molecule has 0 saturated carbocycles. The largest absolute Gasteiger partial charge is 0.0654 e. The molecule has 0 N–H and O–H groups in total. The van der Waals surface area contributed by atoms with E-state index in [4.69, 9.17) is 0 Å². The van der Waals surface area contributed by atoms with E-state index in [1.54, 1.807) is 0 Å². The zero-order valence-electron chi connectivity index (χ0n) is 17.0. The van der Waals surface area contributed by atoms with E-state index in [1.165, 1.54) is 122 Å². The molecule has 0 nitrogen and oxygen atoms in total. The van der Waals surface area contributed by atoms with E-state index in [0.717, 1.165) is 5.92 Å². The minimum Gasteiger partial charge on any atom is -0.0654 e. The SMILES string of the molecule is CCCCCCCCCCCCCCCCCC(C)CCCC. The maximum atomic E-state index is 2.44. The maximum absolute atomic E-state index is 2.44. The second-order valence-corrected chi connectivity index (χ2v) is 7.99. The third kappa shape index (κ3) is 20.0. The first-order valence-corrected chi connectivity index (χ1v) is 11.3. The molecule has 0 fully saturated rings. The summed E-state index contributed by atoms with van der Waals surface area (Å²) in [5, 5.41) is 0. The van der Waals surface area contributed by atoms with Crippen LogP contribution in [-0.4, -0.2) is 0 Å². The Bertz CT molecular complexity index is 196. The van der Waals surface area contributed by atoms with Crippen LogP contribution in [0.25, 0.3) is 0 Å². The van der Waals surface area contributed by atoms with Crippen molar-refractivity contribution < 1.29 is 0 Å². The van der Waals surface area contributed by atoms with E-state index in [9.17, 15) is 0 Å². The van der Waals surface area contributed by atoms with Gasteiger partial charge in [-0.15, -0.1) is 0 Å². The minimum atomic E-state index is 0.969. The van der Waals surface area contributed by atoms with Crippen LogP contribution in [0, 0.1) is 5.92 Å². The van der Waals surface area contributed by atoms with Gasteiger partial charge in [0, 0.05) is 0 Å². The first-order chi connectivity index (χ1) is 11.3. The second kappa shape index (κ2) is 20.0. The fourth-order valence-electron chi connectivity index (χ4n) is 3.56. The lowest BCUT2D eigenvalue weighted by molar-refractivity contribution is 0.440. The van der Waals surface area contributed by atoms with Crippen molar-refractivity contribution in [3.05, 3.63) is 0 Å². The van der Waals surface area contributed by atoms with Crippen molar-refractivity contribution in [1.29, 1.82) is 0 Å². The summed E-state index contributed by atoms with van der Waals surface area (Å²) in [5.74, 6) is 0.969.